The Morgan fingerprint density at radius 1 is 1.04 bits per heavy atom. The van der Waals surface area contributed by atoms with E-state index in [0.717, 1.165) is 5.56 Å². The van der Waals surface area contributed by atoms with E-state index < -0.39 is 18.0 Å². The van der Waals surface area contributed by atoms with Gasteiger partial charge in [0.25, 0.3) is 5.91 Å². The molecule has 0 unspecified atom stereocenters. The lowest BCUT2D eigenvalue weighted by Gasteiger charge is -2.15. The van der Waals surface area contributed by atoms with Crippen LogP contribution in [-0.4, -0.2) is 35.1 Å². The van der Waals surface area contributed by atoms with E-state index in [-0.39, 0.29) is 0 Å². The van der Waals surface area contributed by atoms with Gasteiger partial charge in [0.15, 0.2) is 6.10 Å². The monoisotopic (exact) mass is 365 g/mol. The molecule has 0 radical (unpaired) electrons. The zero-order valence-electron chi connectivity index (χ0n) is 15.2. The molecule has 1 N–H and O–H groups in total. The summed E-state index contributed by atoms with van der Waals surface area (Å²) < 4.78 is 10.5. The number of nitrogens with one attached hydrogen (secondary N) is 1. The summed E-state index contributed by atoms with van der Waals surface area (Å²) >= 11 is 0. The summed E-state index contributed by atoms with van der Waals surface area (Å²) in [5.74, 6) is -0.533. The van der Waals surface area contributed by atoms with Gasteiger partial charge >= 0.3 is 5.97 Å². The molecule has 0 saturated carbocycles. The number of hydrogen-bond donors (Lipinski definition) is 1. The number of amides is 1. The average molecular weight is 365 g/mol. The Morgan fingerprint density at radius 2 is 1.78 bits per heavy atom. The highest BCUT2D eigenvalue weighted by Gasteiger charge is 2.20. The second kappa shape index (κ2) is 7.82. The quantitative estimate of drug-likeness (QED) is 0.699. The van der Waals surface area contributed by atoms with Gasteiger partial charge in [0.2, 0.25) is 0 Å². The molecule has 1 atom stereocenters. The minimum atomic E-state index is -0.986. The highest BCUT2D eigenvalue weighted by Crippen LogP contribution is 2.25. The van der Waals surface area contributed by atoms with Gasteiger partial charge < -0.3 is 14.8 Å². The van der Waals surface area contributed by atoms with E-state index in [9.17, 15) is 9.59 Å². The van der Waals surface area contributed by atoms with Gasteiger partial charge in [0, 0.05) is 12.4 Å². The van der Waals surface area contributed by atoms with Crippen molar-refractivity contribution in [2.75, 3.05) is 12.4 Å². The zero-order chi connectivity index (χ0) is 19.4. The number of ether oxygens (including phenoxy) is 2. The summed E-state index contributed by atoms with van der Waals surface area (Å²) in [6.45, 7) is 3.41. The molecule has 0 aliphatic heterocycles. The number of nitrogens with zero attached hydrogens (tertiary/aromatic N) is 2. The van der Waals surface area contributed by atoms with E-state index in [0.29, 0.717) is 28.0 Å². The van der Waals surface area contributed by atoms with Gasteiger partial charge in [0.1, 0.15) is 5.75 Å². The molecule has 0 aliphatic rings. The molecule has 138 valence electrons. The van der Waals surface area contributed by atoms with Crippen molar-refractivity contribution in [3.8, 4) is 5.75 Å². The first-order chi connectivity index (χ1) is 13.0. The molecule has 0 fully saturated rings. The minimum Gasteiger partial charge on any atom is -0.495 e. The Labute approximate surface area is 156 Å². The van der Waals surface area contributed by atoms with Crippen molar-refractivity contribution in [1.82, 2.24) is 9.97 Å². The first kappa shape index (κ1) is 18.3. The number of methoxy groups -OCH3 is 1. The van der Waals surface area contributed by atoms with Crippen molar-refractivity contribution in [2.45, 2.75) is 20.0 Å². The van der Waals surface area contributed by atoms with E-state index in [1.165, 1.54) is 14.0 Å². The van der Waals surface area contributed by atoms with Crippen molar-refractivity contribution in [1.29, 1.82) is 0 Å². The van der Waals surface area contributed by atoms with Gasteiger partial charge in [-0.15, -0.1) is 0 Å². The van der Waals surface area contributed by atoms with E-state index in [1.54, 1.807) is 42.7 Å². The molecule has 1 heterocycles. The third-order valence-electron chi connectivity index (χ3n) is 3.97. The maximum atomic E-state index is 12.4. The highest BCUT2D eigenvalue weighted by molar-refractivity contribution is 5.99. The lowest BCUT2D eigenvalue weighted by molar-refractivity contribution is -0.123. The van der Waals surface area contributed by atoms with Crippen LogP contribution in [0.15, 0.2) is 48.8 Å². The van der Waals surface area contributed by atoms with Crippen LogP contribution in [0.2, 0.25) is 0 Å². The predicted octanol–water partition coefficient (Wildman–Crippen LogP) is 3.13. The molecular formula is C20H19N3O4. The second-order valence-corrected chi connectivity index (χ2v) is 6.00. The van der Waals surface area contributed by atoms with Gasteiger partial charge in [-0.25, -0.2) is 4.79 Å². The third kappa shape index (κ3) is 4.20. The number of benzene rings is 2. The zero-order valence-corrected chi connectivity index (χ0v) is 15.2. The summed E-state index contributed by atoms with van der Waals surface area (Å²) in [5, 5.41) is 2.72. The fourth-order valence-electron chi connectivity index (χ4n) is 2.53. The lowest BCUT2D eigenvalue weighted by Crippen LogP contribution is -2.30. The van der Waals surface area contributed by atoms with Crippen LogP contribution in [-0.2, 0) is 9.53 Å². The standard InChI is InChI=1S/C20H19N3O4/c1-12-4-7-18(26-3)17(10-12)23-19(24)13(2)27-20(25)14-5-6-15-16(11-14)22-9-8-21-15/h4-11,13H,1-3H3,(H,23,24)/t13-/m0/s1. The molecule has 1 aromatic heterocycles. The number of anilines is 1. The number of carbonyl (C=O) groups is 2. The van der Waals surface area contributed by atoms with Crippen LogP contribution in [0.4, 0.5) is 5.69 Å². The van der Waals surface area contributed by atoms with E-state index >= 15 is 0 Å². The van der Waals surface area contributed by atoms with Crippen LogP contribution in [0.5, 0.6) is 5.75 Å². The summed E-state index contributed by atoms with van der Waals surface area (Å²) in [7, 11) is 1.52. The molecule has 3 aromatic rings. The molecule has 0 spiro atoms. The van der Waals surface area contributed by atoms with E-state index in [4.69, 9.17) is 9.47 Å². The number of aryl methyl sites for hydroxylation is 1. The Morgan fingerprint density at radius 3 is 2.52 bits per heavy atom. The summed E-state index contributed by atoms with van der Waals surface area (Å²) in [4.78, 5) is 33.1. The lowest BCUT2D eigenvalue weighted by atomic mass is 10.2. The first-order valence-electron chi connectivity index (χ1n) is 8.35. The molecule has 0 aliphatic carbocycles. The SMILES string of the molecule is COc1ccc(C)cc1NC(=O)[C@H](C)OC(=O)c1ccc2nccnc2c1. The molecular weight excluding hydrogens is 346 g/mol. The number of rotatable bonds is 5. The molecule has 7 nitrogen and oxygen atoms in total. The van der Waals surface area contributed by atoms with Gasteiger partial charge in [-0.2, -0.15) is 0 Å². The number of aromatic nitrogens is 2. The van der Waals surface area contributed by atoms with Crippen LogP contribution in [0.3, 0.4) is 0 Å². The largest absolute Gasteiger partial charge is 0.495 e. The van der Waals surface area contributed by atoms with Crippen molar-refractivity contribution in [3.05, 3.63) is 59.9 Å². The van der Waals surface area contributed by atoms with Crippen molar-refractivity contribution in [3.63, 3.8) is 0 Å². The van der Waals surface area contributed by atoms with Gasteiger partial charge in [0.05, 0.1) is 29.4 Å². The fraction of sp³-hybridized carbons (Fsp3) is 0.200. The minimum absolute atomic E-state index is 0.302. The Hall–Kier alpha value is -3.48. The van der Waals surface area contributed by atoms with Crippen molar-refractivity contribution in [2.24, 2.45) is 0 Å². The smallest absolute Gasteiger partial charge is 0.338 e. The number of fused-ring (bicyclic) bond motifs is 1. The third-order valence-corrected chi connectivity index (χ3v) is 3.97. The molecule has 0 saturated heterocycles. The van der Waals surface area contributed by atoms with Crippen LogP contribution in [0.1, 0.15) is 22.8 Å². The van der Waals surface area contributed by atoms with Crippen LogP contribution in [0.25, 0.3) is 11.0 Å². The summed E-state index contributed by atoms with van der Waals surface area (Å²) in [6, 6.07) is 10.3. The van der Waals surface area contributed by atoms with Crippen LogP contribution < -0.4 is 10.1 Å². The van der Waals surface area contributed by atoms with Gasteiger partial charge in [-0.1, -0.05) is 6.07 Å². The first-order valence-corrected chi connectivity index (χ1v) is 8.35. The highest BCUT2D eigenvalue weighted by atomic mass is 16.5. The second-order valence-electron chi connectivity index (χ2n) is 6.00. The maximum absolute atomic E-state index is 12.4. The fourth-order valence-corrected chi connectivity index (χ4v) is 2.53. The molecule has 0 bridgehead atoms. The normalized spacial score (nSPS) is 11.7. The van der Waals surface area contributed by atoms with Crippen molar-refractivity contribution >= 4 is 28.6 Å². The summed E-state index contributed by atoms with van der Waals surface area (Å²) in [6.07, 6.45) is 2.13. The van der Waals surface area contributed by atoms with Gasteiger partial charge in [-0.05, 0) is 49.7 Å². The van der Waals surface area contributed by atoms with Crippen LogP contribution >= 0.6 is 0 Å². The molecule has 1 amide bonds. The topological polar surface area (TPSA) is 90.4 Å². The number of hydrogen-bond acceptors (Lipinski definition) is 6. The Balaban J connectivity index is 1.70. The van der Waals surface area contributed by atoms with E-state index in [2.05, 4.69) is 15.3 Å². The number of carbonyl (C=O) groups excluding carboxylic acids is 2. The van der Waals surface area contributed by atoms with Gasteiger partial charge in [-0.3, -0.25) is 14.8 Å². The van der Waals surface area contributed by atoms with Crippen LogP contribution in [0, 0.1) is 6.92 Å². The summed E-state index contributed by atoms with van der Waals surface area (Å²) in [5.41, 5.74) is 3.04. The molecule has 7 heteroatoms. The van der Waals surface area contributed by atoms with E-state index in [1.807, 2.05) is 13.0 Å². The Kier molecular flexibility index (Phi) is 5.30. The number of esters is 1. The molecule has 27 heavy (non-hydrogen) atoms. The maximum Gasteiger partial charge on any atom is 0.338 e. The Bertz CT molecular complexity index is 1000. The predicted molar refractivity (Wildman–Crippen MR) is 101 cm³/mol. The molecule has 2 aromatic carbocycles. The molecule has 3 rings (SSSR count). The van der Waals surface area contributed by atoms with Crippen molar-refractivity contribution < 1.29 is 19.1 Å². The average Bonchev–Trinajstić information content (AvgIpc) is 2.67.